The number of benzene rings is 1. The van der Waals surface area contributed by atoms with Gasteiger partial charge in [-0.3, -0.25) is 0 Å². The molecule has 0 saturated carbocycles. The molecule has 0 spiro atoms. The lowest BCUT2D eigenvalue weighted by atomic mass is 9.99. The fourth-order valence-corrected chi connectivity index (χ4v) is 2.85. The average Bonchev–Trinajstić information content (AvgIpc) is 3.14. The van der Waals surface area contributed by atoms with Crippen molar-refractivity contribution in [1.29, 1.82) is 0 Å². The second-order valence-corrected chi connectivity index (χ2v) is 6.25. The van der Waals surface area contributed by atoms with Crippen LogP contribution in [0.3, 0.4) is 0 Å². The SMILES string of the molecule is CCNC(=NCc1cccc(OC)c1O)NCc1cc(C(CC)CC)no1.I. The molecule has 156 valence electrons. The molecule has 0 aliphatic heterocycles. The number of hydrogen-bond acceptors (Lipinski definition) is 5. The van der Waals surface area contributed by atoms with Gasteiger partial charge < -0.3 is 25.0 Å². The number of methoxy groups -OCH3 is 1. The Morgan fingerprint density at radius 3 is 2.64 bits per heavy atom. The number of halogens is 1. The summed E-state index contributed by atoms with van der Waals surface area (Å²) >= 11 is 0. The molecule has 0 radical (unpaired) electrons. The van der Waals surface area contributed by atoms with Gasteiger partial charge in [-0.2, -0.15) is 0 Å². The van der Waals surface area contributed by atoms with Gasteiger partial charge in [0.2, 0.25) is 0 Å². The molecule has 0 bridgehead atoms. The van der Waals surface area contributed by atoms with Crippen LogP contribution in [0.15, 0.2) is 33.8 Å². The first kappa shape index (κ1) is 24.1. The molecular formula is C20H31IN4O3. The Balaban J connectivity index is 0.00000392. The summed E-state index contributed by atoms with van der Waals surface area (Å²) in [6, 6.07) is 7.37. The monoisotopic (exact) mass is 502 g/mol. The fraction of sp³-hybridized carbons (Fsp3) is 0.500. The third-order valence-corrected chi connectivity index (χ3v) is 4.47. The summed E-state index contributed by atoms with van der Waals surface area (Å²) in [5, 5.41) is 20.8. The molecule has 0 atom stereocenters. The number of nitrogens with zero attached hydrogens (tertiary/aromatic N) is 2. The van der Waals surface area contributed by atoms with Crippen LogP contribution >= 0.6 is 24.0 Å². The third kappa shape index (κ3) is 6.57. The van der Waals surface area contributed by atoms with Crippen LogP contribution in [-0.2, 0) is 13.1 Å². The van der Waals surface area contributed by atoms with Crippen molar-refractivity contribution in [2.24, 2.45) is 4.99 Å². The van der Waals surface area contributed by atoms with E-state index < -0.39 is 0 Å². The van der Waals surface area contributed by atoms with Crippen molar-refractivity contribution in [2.75, 3.05) is 13.7 Å². The predicted molar refractivity (Wildman–Crippen MR) is 122 cm³/mol. The number of aromatic hydroxyl groups is 1. The zero-order valence-corrected chi connectivity index (χ0v) is 19.3. The van der Waals surface area contributed by atoms with Gasteiger partial charge in [-0.15, -0.1) is 24.0 Å². The van der Waals surface area contributed by atoms with E-state index in [2.05, 4.69) is 34.6 Å². The van der Waals surface area contributed by atoms with Crippen molar-refractivity contribution in [1.82, 2.24) is 15.8 Å². The van der Waals surface area contributed by atoms with Gasteiger partial charge in [0.25, 0.3) is 0 Å². The Morgan fingerprint density at radius 2 is 2.00 bits per heavy atom. The van der Waals surface area contributed by atoms with Crippen LogP contribution in [0.25, 0.3) is 0 Å². The number of para-hydroxylation sites is 1. The lowest BCUT2D eigenvalue weighted by Gasteiger charge is -2.11. The lowest BCUT2D eigenvalue weighted by molar-refractivity contribution is 0.368. The number of phenols is 1. The second kappa shape index (κ2) is 12.5. The second-order valence-electron chi connectivity index (χ2n) is 6.25. The summed E-state index contributed by atoms with van der Waals surface area (Å²) in [7, 11) is 1.53. The van der Waals surface area contributed by atoms with Gasteiger partial charge in [0.05, 0.1) is 25.9 Å². The van der Waals surface area contributed by atoms with Gasteiger partial charge in [-0.1, -0.05) is 31.1 Å². The maximum Gasteiger partial charge on any atom is 0.191 e. The molecule has 28 heavy (non-hydrogen) atoms. The molecule has 7 nitrogen and oxygen atoms in total. The third-order valence-electron chi connectivity index (χ3n) is 4.47. The molecule has 3 N–H and O–H groups in total. The summed E-state index contributed by atoms with van der Waals surface area (Å²) in [5.41, 5.74) is 1.70. The van der Waals surface area contributed by atoms with Crippen molar-refractivity contribution < 1.29 is 14.4 Å². The lowest BCUT2D eigenvalue weighted by Crippen LogP contribution is -2.36. The molecule has 0 fully saturated rings. The number of phenolic OH excluding ortho intramolecular Hbond substituents is 1. The molecule has 0 amide bonds. The highest BCUT2D eigenvalue weighted by molar-refractivity contribution is 14.0. The molecular weight excluding hydrogens is 471 g/mol. The molecule has 1 aromatic carbocycles. The maximum absolute atomic E-state index is 10.2. The minimum Gasteiger partial charge on any atom is -0.504 e. The Hall–Kier alpha value is -1.97. The molecule has 0 aliphatic rings. The minimum atomic E-state index is 0. The number of aliphatic imine (C=N–C) groups is 1. The van der Waals surface area contributed by atoms with Crippen LogP contribution in [-0.4, -0.2) is 29.9 Å². The van der Waals surface area contributed by atoms with E-state index in [1.165, 1.54) is 7.11 Å². The quantitative estimate of drug-likeness (QED) is 0.271. The van der Waals surface area contributed by atoms with Gasteiger partial charge in [0.1, 0.15) is 0 Å². The Labute approximate surface area is 184 Å². The van der Waals surface area contributed by atoms with Crippen molar-refractivity contribution in [2.45, 2.75) is 52.6 Å². The fourth-order valence-electron chi connectivity index (χ4n) is 2.85. The van der Waals surface area contributed by atoms with Crippen molar-refractivity contribution in [3.05, 3.63) is 41.3 Å². The van der Waals surface area contributed by atoms with Gasteiger partial charge in [0, 0.05) is 24.1 Å². The Bertz CT molecular complexity index is 745. The molecule has 0 aliphatic carbocycles. The summed E-state index contributed by atoms with van der Waals surface area (Å²) in [6.45, 7) is 7.86. The smallest absolute Gasteiger partial charge is 0.191 e. The van der Waals surface area contributed by atoms with E-state index >= 15 is 0 Å². The average molecular weight is 502 g/mol. The topological polar surface area (TPSA) is 91.9 Å². The maximum atomic E-state index is 10.2. The van der Waals surface area contributed by atoms with E-state index in [0.29, 0.717) is 36.3 Å². The molecule has 1 heterocycles. The summed E-state index contributed by atoms with van der Waals surface area (Å²) in [6.07, 6.45) is 2.09. The van der Waals surface area contributed by atoms with E-state index in [4.69, 9.17) is 9.26 Å². The zero-order chi connectivity index (χ0) is 19.6. The number of hydrogen-bond donors (Lipinski definition) is 3. The Kier molecular flexibility index (Phi) is 10.7. The molecule has 2 aromatic rings. The van der Waals surface area contributed by atoms with Crippen LogP contribution < -0.4 is 15.4 Å². The standard InChI is InChI=1S/C20H30N4O3.HI/c1-5-14(6-2)17-11-16(27-24-17)13-23-20(21-7-3)22-12-15-9-8-10-18(26-4)19(15)25;/h8-11,14,25H,5-7,12-13H2,1-4H3,(H2,21,22,23);1H. The highest BCUT2D eigenvalue weighted by Gasteiger charge is 2.13. The predicted octanol–water partition coefficient (Wildman–Crippen LogP) is 4.17. The summed E-state index contributed by atoms with van der Waals surface area (Å²) in [5.74, 6) is 2.40. The molecule has 2 rings (SSSR count). The van der Waals surface area contributed by atoms with E-state index in [1.54, 1.807) is 6.07 Å². The van der Waals surface area contributed by atoms with Crippen LogP contribution in [0.2, 0.25) is 0 Å². The van der Waals surface area contributed by atoms with Crippen LogP contribution in [0.5, 0.6) is 11.5 Å². The van der Waals surface area contributed by atoms with E-state index in [9.17, 15) is 5.11 Å². The largest absolute Gasteiger partial charge is 0.504 e. The van der Waals surface area contributed by atoms with Crippen molar-refractivity contribution >= 4 is 29.9 Å². The highest BCUT2D eigenvalue weighted by Crippen LogP contribution is 2.29. The number of nitrogens with one attached hydrogen (secondary N) is 2. The van der Waals surface area contributed by atoms with E-state index in [1.807, 2.05) is 25.1 Å². The normalized spacial score (nSPS) is 11.2. The Morgan fingerprint density at radius 1 is 1.25 bits per heavy atom. The van der Waals surface area contributed by atoms with E-state index in [0.717, 1.165) is 30.8 Å². The van der Waals surface area contributed by atoms with Gasteiger partial charge in [-0.25, -0.2) is 4.99 Å². The number of guanidine groups is 1. The van der Waals surface area contributed by atoms with E-state index in [-0.39, 0.29) is 29.7 Å². The number of aromatic nitrogens is 1. The van der Waals surface area contributed by atoms with Crippen LogP contribution in [0.4, 0.5) is 0 Å². The molecule has 0 saturated heterocycles. The minimum absolute atomic E-state index is 0. The van der Waals surface area contributed by atoms with Crippen molar-refractivity contribution in [3.8, 4) is 11.5 Å². The first-order valence-electron chi connectivity index (χ1n) is 9.45. The summed E-state index contributed by atoms with van der Waals surface area (Å²) in [4.78, 5) is 4.53. The van der Waals surface area contributed by atoms with Gasteiger partial charge in [0.15, 0.2) is 23.2 Å². The molecule has 8 heteroatoms. The van der Waals surface area contributed by atoms with Crippen molar-refractivity contribution in [3.63, 3.8) is 0 Å². The number of rotatable bonds is 9. The molecule has 0 unspecified atom stereocenters. The zero-order valence-electron chi connectivity index (χ0n) is 17.0. The molecule has 1 aromatic heterocycles. The summed E-state index contributed by atoms with van der Waals surface area (Å²) < 4.78 is 10.6. The number of ether oxygens (including phenoxy) is 1. The first-order valence-corrected chi connectivity index (χ1v) is 9.45. The van der Waals surface area contributed by atoms with Gasteiger partial charge in [-0.05, 0) is 25.8 Å². The highest BCUT2D eigenvalue weighted by atomic mass is 127. The van der Waals surface area contributed by atoms with Gasteiger partial charge >= 0.3 is 0 Å². The first-order chi connectivity index (χ1) is 13.1. The van der Waals surface area contributed by atoms with Crippen LogP contribution in [0.1, 0.15) is 56.5 Å². The van der Waals surface area contributed by atoms with Crippen LogP contribution in [0, 0.1) is 0 Å².